The van der Waals surface area contributed by atoms with E-state index in [9.17, 15) is 23.5 Å². The minimum atomic E-state index is -4.18. The van der Waals surface area contributed by atoms with Gasteiger partial charge in [0.05, 0.1) is 6.61 Å². The van der Waals surface area contributed by atoms with Crippen LogP contribution in [0.5, 0.6) is 0 Å². The topological polar surface area (TPSA) is 72.8 Å². The summed E-state index contributed by atoms with van der Waals surface area (Å²) in [6.45, 7) is 5.29. The summed E-state index contributed by atoms with van der Waals surface area (Å²) in [7, 11) is 0. The van der Waals surface area contributed by atoms with Crippen molar-refractivity contribution < 1.29 is 33.0 Å². The third kappa shape index (κ3) is 3.76. The summed E-state index contributed by atoms with van der Waals surface area (Å²) in [6, 6.07) is 0. The zero-order valence-electron chi connectivity index (χ0n) is 10.5. The Morgan fingerprint density at radius 3 is 2.22 bits per heavy atom. The fraction of sp³-hybridized carbons (Fsp3) is 0.636. The quantitative estimate of drug-likeness (QED) is 0.574. The lowest BCUT2D eigenvalue weighted by molar-refractivity contribution is -0.220. The van der Waals surface area contributed by atoms with Crippen LogP contribution < -0.4 is 0 Å². The first-order valence-electron chi connectivity index (χ1n) is 5.16. The second-order valence-corrected chi connectivity index (χ2v) is 3.93. The molecule has 0 amide bonds. The molecule has 0 rings (SSSR count). The van der Waals surface area contributed by atoms with Gasteiger partial charge in [0.2, 0.25) is 0 Å². The van der Waals surface area contributed by atoms with Gasteiger partial charge in [0.15, 0.2) is 5.60 Å². The van der Waals surface area contributed by atoms with E-state index in [0.717, 1.165) is 0 Å². The molecule has 1 unspecified atom stereocenters. The van der Waals surface area contributed by atoms with Crippen molar-refractivity contribution in [3.63, 3.8) is 0 Å². The highest BCUT2D eigenvalue weighted by Gasteiger charge is 2.57. The van der Waals surface area contributed by atoms with Gasteiger partial charge in [0, 0.05) is 5.57 Å². The lowest BCUT2D eigenvalue weighted by Gasteiger charge is -2.29. The van der Waals surface area contributed by atoms with Crippen molar-refractivity contribution >= 4 is 11.9 Å². The van der Waals surface area contributed by atoms with E-state index >= 15 is 0 Å². The first-order chi connectivity index (χ1) is 8.06. The molecule has 0 fully saturated rings. The van der Waals surface area contributed by atoms with Gasteiger partial charge in [-0.1, -0.05) is 6.58 Å². The van der Waals surface area contributed by atoms with Gasteiger partial charge < -0.3 is 14.6 Å². The molecule has 0 heterocycles. The summed E-state index contributed by atoms with van der Waals surface area (Å²) in [5, 5.41) is 9.51. The van der Waals surface area contributed by atoms with Crippen LogP contribution >= 0.6 is 0 Å². The molecule has 1 atom stereocenters. The Morgan fingerprint density at radius 2 is 1.83 bits per heavy atom. The van der Waals surface area contributed by atoms with E-state index in [0.29, 0.717) is 6.92 Å². The summed E-state index contributed by atoms with van der Waals surface area (Å²) >= 11 is 0. The number of alkyl halides is 2. The number of hydrogen-bond acceptors (Lipinski definition) is 5. The molecular formula is C11H16F2O5. The van der Waals surface area contributed by atoms with Gasteiger partial charge in [0.1, 0.15) is 6.61 Å². The first-order valence-corrected chi connectivity index (χ1v) is 5.16. The van der Waals surface area contributed by atoms with Crippen molar-refractivity contribution in [3.05, 3.63) is 12.2 Å². The number of hydrogen-bond donors (Lipinski definition) is 1. The van der Waals surface area contributed by atoms with Crippen molar-refractivity contribution in [1.29, 1.82) is 0 Å². The molecule has 18 heavy (non-hydrogen) atoms. The molecule has 104 valence electrons. The Hall–Kier alpha value is -1.50. The van der Waals surface area contributed by atoms with E-state index in [1.165, 1.54) is 13.8 Å². The Bertz CT molecular complexity index is 349. The molecule has 0 bridgehead atoms. The molecular weight excluding hydrogens is 250 g/mol. The molecule has 0 aliphatic heterocycles. The third-order valence-electron chi connectivity index (χ3n) is 2.04. The van der Waals surface area contributed by atoms with Crippen LogP contribution in [0.4, 0.5) is 8.78 Å². The zero-order valence-corrected chi connectivity index (χ0v) is 10.5. The smallest absolute Gasteiger partial charge is 0.380 e. The Balaban J connectivity index is 4.75. The Morgan fingerprint density at radius 1 is 1.33 bits per heavy atom. The van der Waals surface area contributed by atoms with Gasteiger partial charge in [0.25, 0.3) is 0 Å². The van der Waals surface area contributed by atoms with Gasteiger partial charge in [-0.25, -0.2) is 9.59 Å². The summed E-state index contributed by atoms with van der Waals surface area (Å²) in [5.41, 5.74) is -2.87. The summed E-state index contributed by atoms with van der Waals surface area (Å²) in [4.78, 5) is 22.0. The SMILES string of the molecule is C=C(C)C(=O)OCC(C)(O)C(F)(F)C(=O)OCC. The highest BCUT2D eigenvalue weighted by molar-refractivity contribution is 5.87. The molecule has 0 saturated heterocycles. The predicted molar refractivity (Wildman–Crippen MR) is 58.0 cm³/mol. The van der Waals surface area contributed by atoms with E-state index in [-0.39, 0.29) is 12.2 Å². The molecule has 0 aromatic heterocycles. The lowest BCUT2D eigenvalue weighted by Crippen LogP contribution is -2.55. The van der Waals surface area contributed by atoms with E-state index in [1.807, 2.05) is 0 Å². The average molecular weight is 266 g/mol. The van der Waals surface area contributed by atoms with Crippen LogP contribution in [0.15, 0.2) is 12.2 Å². The molecule has 0 radical (unpaired) electrons. The number of carbonyl (C=O) groups excluding carboxylic acids is 2. The summed E-state index contributed by atoms with van der Waals surface area (Å²) in [6.07, 6.45) is 0. The molecule has 1 N–H and O–H groups in total. The van der Waals surface area contributed by atoms with Crippen LogP contribution in [0.3, 0.4) is 0 Å². The zero-order chi connectivity index (χ0) is 14.6. The molecule has 7 heteroatoms. The van der Waals surface area contributed by atoms with Gasteiger partial charge in [-0.05, 0) is 20.8 Å². The van der Waals surface area contributed by atoms with E-state index < -0.39 is 30.1 Å². The number of halogens is 2. The van der Waals surface area contributed by atoms with Crippen molar-refractivity contribution in [1.82, 2.24) is 0 Å². The molecule has 0 aromatic rings. The van der Waals surface area contributed by atoms with Crippen LogP contribution in [-0.2, 0) is 19.1 Å². The van der Waals surface area contributed by atoms with Crippen LogP contribution in [0.1, 0.15) is 20.8 Å². The minimum absolute atomic E-state index is 0.00903. The fourth-order valence-electron chi connectivity index (χ4n) is 0.862. The number of carbonyl (C=O) groups is 2. The molecule has 0 saturated carbocycles. The summed E-state index contributed by atoms with van der Waals surface area (Å²) < 4.78 is 35.5. The Kier molecular flexibility index (Phi) is 5.41. The minimum Gasteiger partial charge on any atom is -0.461 e. The van der Waals surface area contributed by atoms with Gasteiger partial charge >= 0.3 is 17.9 Å². The maximum atomic E-state index is 13.5. The Labute approximate surface area is 103 Å². The molecule has 0 spiro atoms. The predicted octanol–water partition coefficient (Wildman–Crippen LogP) is 1.06. The normalized spacial score (nSPS) is 14.6. The second-order valence-electron chi connectivity index (χ2n) is 3.93. The largest absolute Gasteiger partial charge is 0.461 e. The standard InChI is InChI=1S/C11H16F2O5/c1-5-17-9(15)11(12,13)10(4,16)6-18-8(14)7(2)3/h16H,2,5-6H2,1,3-4H3. The van der Waals surface area contributed by atoms with E-state index in [2.05, 4.69) is 16.1 Å². The highest BCUT2D eigenvalue weighted by Crippen LogP contribution is 2.30. The van der Waals surface area contributed by atoms with Crippen molar-refractivity contribution in [2.75, 3.05) is 13.2 Å². The van der Waals surface area contributed by atoms with Crippen LogP contribution in [0.25, 0.3) is 0 Å². The number of esters is 2. The summed E-state index contributed by atoms with van der Waals surface area (Å²) in [5.74, 6) is -6.99. The van der Waals surface area contributed by atoms with E-state index in [4.69, 9.17) is 0 Å². The molecule has 0 aliphatic carbocycles. The van der Waals surface area contributed by atoms with Gasteiger partial charge in [-0.2, -0.15) is 8.78 Å². The second kappa shape index (κ2) is 5.90. The fourth-order valence-corrected chi connectivity index (χ4v) is 0.862. The molecule has 5 nitrogen and oxygen atoms in total. The average Bonchev–Trinajstić information content (AvgIpc) is 2.25. The molecule has 0 aromatic carbocycles. The van der Waals surface area contributed by atoms with Crippen LogP contribution in [0, 0.1) is 0 Å². The van der Waals surface area contributed by atoms with Gasteiger partial charge in [-0.15, -0.1) is 0 Å². The van der Waals surface area contributed by atoms with Crippen LogP contribution in [-0.4, -0.2) is 41.8 Å². The highest BCUT2D eigenvalue weighted by atomic mass is 19.3. The first kappa shape index (κ1) is 16.5. The van der Waals surface area contributed by atoms with Crippen molar-refractivity contribution in [2.45, 2.75) is 32.3 Å². The number of rotatable bonds is 6. The lowest BCUT2D eigenvalue weighted by atomic mass is 9.99. The number of aliphatic hydroxyl groups is 1. The maximum absolute atomic E-state index is 13.5. The molecule has 0 aliphatic rings. The monoisotopic (exact) mass is 266 g/mol. The van der Waals surface area contributed by atoms with E-state index in [1.54, 1.807) is 0 Å². The third-order valence-corrected chi connectivity index (χ3v) is 2.04. The number of ether oxygens (including phenoxy) is 2. The van der Waals surface area contributed by atoms with Crippen LogP contribution in [0.2, 0.25) is 0 Å². The maximum Gasteiger partial charge on any atom is 0.380 e. The van der Waals surface area contributed by atoms with Crippen molar-refractivity contribution in [2.24, 2.45) is 0 Å². The van der Waals surface area contributed by atoms with Crippen molar-refractivity contribution in [3.8, 4) is 0 Å². The van der Waals surface area contributed by atoms with Gasteiger partial charge in [-0.3, -0.25) is 0 Å².